The summed E-state index contributed by atoms with van der Waals surface area (Å²) >= 11 is 0. The summed E-state index contributed by atoms with van der Waals surface area (Å²) in [6, 6.07) is 4.51. The molecule has 0 fully saturated rings. The third kappa shape index (κ3) is 0.620. The zero-order valence-corrected chi connectivity index (χ0v) is 6.57. The van der Waals surface area contributed by atoms with Gasteiger partial charge in [0.2, 0.25) is 0 Å². The van der Waals surface area contributed by atoms with Crippen LogP contribution in [0.4, 0.5) is 0 Å². The van der Waals surface area contributed by atoms with Crippen LogP contribution in [0.2, 0.25) is 0 Å². The summed E-state index contributed by atoms with van der Waals surface area (Å²) in [6.07, 6.45) is 2.55. The molecular weight excluding hydrogens is 120 g/mol. The van der Waals surface area contributed by atoms with E-state index in [1.807, 2.05) is 0 Å². The van der Waals surface area contributed by atoms with Gasteiger partial charge in [0, 0.05) is 0 Å². The van der Waals surface area contributed by atoms with Crippen molar-refractivity contribution in [1.29, 1.82) is 0 Å². The molecule has 0 spiro atoms. The molecule has 0 unspecified atom stereocenters. The number of fused-ring (bicyclic) bond motifs is 2. The predicted octanol–water partition coefficient (Wildman–Crippen LogP) is 2.40. The van der Waals surface area contributed by atoms with Crippen LogP contribution in [0.3, 0.4) is 0 Å². The van der Waals surface area contributed by atoms with Gasteiger partial charge in [-0.1, -0.05) is 12.1 Å². The van der Waals surface area contributed by atoms with Crippen molar-refractivity contribution in [2.75, 3.05) is 0 Å². The van der Waals surface area contributed by atoms with E-state index in [2.05, 4.69) is 26.0 Å². The van der Waals surface area contributed by atoms with Crippen LogP contribution in [0.5, 0.6) is 0 Å². The number of hydrogen-bond donors (Lipinski definition) is 0. The molecule has 0 aromatic heterocycles. The summed E-state index contributed by atoms with van der Waals surface area (Å²) in [6.45, 7) is 4.45. The van der Waals surface area contributed by atoms with E-state index in [0.29, 0.717) is 0 Å². The number of aryl methyl sites for hydroxylation is 2. The molecule has 1 aromatic carbocycles. The molecule has 0 N–H and O–H groups in total. The zero-order chi connectivity index (χ0) is 7.14. The average molecular weight is 132 g/mol. The van der Waals surface area contributed by atoms with Crippen LogP contribution in [0.15, 0.2) is 12.1 Å². The van der Waals surface area contributed by atoms with Gasteiger partial charge in [-0.15, -0.1) is 0 Å². The quantitative estimate of drug-likeness (QED) is 0.508. The first kappa shape index (κ1) is 5.96. The van der Waals surface area contributed by atoms with Crippen LogP contribution in [0.1, 0.15) is 22.3 Å². The smallest absolute Gasteiger partial charge is 0.0233 e. The lowest BCUT2D eigenvalue weighted by atomic mass is 10.1. The summed E-state index contributed by atoms with van der Waals surface area (Å²) in [7, 11) is 0. The van der Waals surface area contributed by atoms with Gasteiger partial charge in [0.25, 0.3) is 0 Å². The minimum atomic E-state index is 1.27. The van der Waals surface area contributed by atoms with Crippen molar-refractivity contribution in [2.45, 2.75) is 26.7 Å². The molecule has 0 amide bonds. The molecule has 2 rings (SSSR count). The minimum Gasteiger partial charge on any atom is -0.0588 e. The van der Waals surface area contributed by atoms with Crippen molar-refractivity contribution >= 4 is 0 Å². The van der Waals surface area contributed by atoms with Gasteiger partial charge in [-0.25, -0.2) is 0 Å². The highest BCUT2D eigenvalue weighted by atomic mass is 14.2. The molecule has 0 heterocycles. The van der Waals surface area contributed by atoms with Crippen LogP contribution in [0, 0.1) is 13.8 Å². The molecule has 1 aliphatic rings. The second-order valence-electron chi connectivity index (χ2n) is 3.15. The van der Waals surface area contributed by atoms with E-state index in [-0.39, 0.29) is 0 Å². The van der Waals surface area contributed by atoms with E-state index in [0.717, 1.165) is 0 Å². The first-order chi connectivity index (χ1) is 4.79. The Hall–Kier alpha value is -0.780. The van der Waals surface area contributed by atoms with Gasteiger partial charge in [-0.05, 0) is 48.9 Å². The summed E-state index contributed by atoms with van der Waals surface area (Å²) < 4.78 is 0. The fraction of sp³-hybridized carbons (Fsp3) is 0.400. The monoisotopic (exact) mass is 132 g/mol. The third-order valence-electron chi connectivity index (χ3n) is 2.59. The van der Waals surface area contributed by atoms with Crippen molar-refractivity contribution in [3.63, 3.8) is 0 Å². The highest BCUT2D eigenvalue weighted by molar-refractivity contribution is 5.44. The Morgan fingerprint density at radius 3 is 2.60 bits per heavy atom. The number of hydrogen-bond acceptors (Lipinski definition) is 0. The summed E-state index contributed by atoms with van der Waals surface area (Å²) in [4.78, 5) is 0. The van der Waals surface area contributed by atoms with Gasteiger partial charge in [-0.2, -0.15) is 0 Å². The molecule has 10 heavy (non-hydrogen) atoms. The van der Waals surface area contributed by atoms with Crippen LogP contribution >= 0.6 is 0 Å². The lowest BCUT2D eigenvalue weighted by Gasteiger charge is -2.00. The molecule has 1 aliphatic carbocycles. The average Bonchev–Trinajstić information content (AvgIpc) is 2.13. The molecule has 0 saturated heterocycles. The maximum Gasteiger partial charge on any atom is -0.0233 e. The molecule has 0 radical (unpaired) electrons. The van der Waals surface area contributed by atoms with E-state index in [1.165, 1.54) is 18.4 Å². The number of rotatable bonds is 0. The van der Waals surface area contributed by atoms with Gasteiger partial charge in [-0.3, -0.25) is 0 Å². The van der Waals surface area contributed by atoms with E-state index in [9.17, 15) is 0 Å². The summed E-state index contributed by atoms with van der Waals surface area (Å²) in [5.41, 5.74) is 6.16. The maximum absolute atomic E-state index is 2.27. The van der Waals surface area contributed by atoms with Gasteiger partial charge < -0.3 is 0 Å². The lowest BCUT2D eigenvalue weighted by Crippen LogP contribution is -1.84. The largest absolute Gasteiger partial charge is 0.0588 e. The highest BCUT2D eigenvalue weighted by Gasteiger charge is 2.13. The van der Waals surface area contributed by atoms with Crippen molar-refractivity contribution in [3.05, 3.63) is 34.4 Å². The van der Waals surface area contributed by atoms with Crippen LogP contribution in [-0.2, 0) is 12.8 Å². The standard InChI is InChI=1S/C10H12/c1-7-3-4-9-5-6-10(7)8(9)2/h3-4H,5-6H2,1-2H3. The van der Waals surface area contributed by atoms with Gasteiger partial charge in [0.1, 0.15) is 0 Å². The second kappa shape index (κ2) is 1.85. The molecule has 1 aromatic rings. The minimum absolute atomic E-state index is 1.27. The Labute approximate surface area is 61.9 Å². The first-order valence-electron chi connectivity index (χ1n) is 3.87. The van der Waals surface area contributed by atoms with E-state index >= 15 is 0 Å². The van der Waals surface area contributed by atoms with Crippen molar-refractivity contribution in [3.8, 4) is 0 Å². The van der Waals surface area contributed by atoms with Crippen LogP contribution < -0.4 is 0 Å². The Bertz CT molecular complexity index is 272. The maximum atomic E-state index is 2.27. The molecule has 0 saturated carbocycles. The molecule has 52 valence electrons. The van der Waals surface area contributed by atoms with Gasteiger partial charge in [0.15, 0.2) is 0 Å². The zero-order valence-electron chi connectivity index (χ0n) is 6.57. The molecule has 2 bridgehead atoms. The summed E-state index contributed by atoms with van der Waals surface area (Å²) in [5.74, 6) is 0. The van der Waals surface area contributed by atoms with E-state index in [4.69, 9.17) is 0 Å². The Morgan fingerprint density at radius 1 is 1.10 bits per heavy atom. The van der Waals surface area contributed by atoms with Gasteiger partial charge in [0.05, 0.1) is 0 Å². The summed E-state index contributed by atoms with van der Waals surface area (Å²) in [5, 5.41) is 0. The van der Waals surface area contributed by atoms with Crippen molar-refractivity contribution < 1.29 is 0 Å². The van der Waals surface area contributed by atoms with Crippen molar-refractivity contribution in [2.24, 2.45) is 0 Å². The molecular formula is C10H12. The lowest BCUT2D eigenvalue weighted by molar-refractivity contribution is 1.02. The first-order valence-corrected chi connectivity index (χ1v) is 3.87. The molecule has 0 aliphatic heterocycles. The van der Waals surface area contributed by atoms with Crippen molar-refractivity contribution in [1.82, 2.24) is 0 Å². The van der Waals surface area contributed by atoms with Crippen LogP contribution in [-0.4, -0.2) is 0 Å². The SMILES string of the molecule is Cc1ccc2c(C)c1CC2. The molecule has 0 heteroatoms. The second-order valence-corrected chi connectivity index (χ2v) is 3.15. The van der Waals surface area contributed by atoms with Gasteiger partial charge >= 0.3 is 0 Å². The molecule has 0 nitrogen and oxygen atoms in total. The highest BCUT2D eigenvalue weighted by Crippen LogP contribution is 2.26. The molecule has 0 atom stereocenters. The Kier molecular flexibility index (Phi) is 1.10. The number of benzene rings is 1. The van der Waals surface area contributed by atoms with E-state index < -0.39 is 0 Å². The Balaban J connectivity index is 2.73. The fourth-order valence-corrected chi connectivity index (χ4v) is 1.86. The normalized spacial score (nSPS) is 14.2. The fourth-order valence-electron chi connectivity index (χ4n) is 1.86. The predicted molar refractivity (Wildman–Crippen MR) is 43.3 cm³/mol. The van der Waals surface area contributed by atoms with E-state index in [1.54, 1.807) is 16.7 Å². The Morgan fingerprint density at radius 2 is 1.90 bits per heavy atom. The third-order valence-corrected chi connectivity index (χ3v) is 2.59. The topological polar surface area (TPSA) is 0 Å². The van der Waals surface area contributed by atoms with Crippen LogP contribution in [0.25, 0.3) is 0 Å².